The lowest BCUT2D eigenvalue weighted by atomic mass is 9.85. The molecule has 0 aromatic rings. The van der Waals surface area contributed by atoms with Crippen LogP contribution >= 0.6 is 0 Å². The van der Waals surface area contributed by atoms with E-state index < -0.39 is 36.9 Å². The number of carbonyl (C=O) groups is 5. The van der Waals surface area contributed by atoms with Crippen molar-refractivity contribution < 1.29 is 28.7 Å². The Morgan fingerprint density at radius 2 is 1.71 bits per heavy atom. The van der Waals surface area contributed by atoms with Crippen molar-refractivity contribution in [2.24, 2.45) is 11.8 Å². The highest BCUT2D eigenvalue weighted by molar-refractivity contribution is 6.07. The van der Waals surface area contributed by atoms with Crippen LogP contribution in [0, 0.1) is 11.8 Å². The number of allylic oxidation sites excluding steroid dienone is 2. The van der Waals surface area contributed by atoms with Crippen molar-refractivity contribution in [2.75, 3.05) is 26.7 Å². The van der Waals surface area contributed by atoms with Crippen molar-refractivity contribution in [1.82, 2.24) is 15.5 Å². The highest BCUT2D eigenvalue weighted by Gasteiger charge is 2.47. The summed E-state index contributed by atoms with van der Waals surface area (Å²) in [7, 11) is 1.42. The summed E-state index contributed by atoms with van der Waals surface area (Å²) in [5.74, 6) is -3.47. The van der Waals surface area contributed by atoms with E-state index in [1.807, 2.05) is 12.2 Å². The second-order valence-electron chi connectivity index (χ2n) is 5.53. The van der Waals surface area contributed by atoms with Crippen LogP contribution in [-0.4, -0.2) is 61.2 Å². The van der Waals surface area contributed by atoms with Gasteiger partial charge in [-0.25, -0.2) is 0 Å². The van der Waals surface area contributed by atoms with Crippen LogP contribution < -0.4 is 10.6 Å². The average Bonchev–Trinajstić information content (AvgIpc) is 2.83. The van der Waals surface area contributed by atoms with Gasteiger partial charge in [-0.3, -0.25) is 28.9 Å². The molecule has 0 aromatic heterocycles. The molecule has 0 bridgehead atoms. The van der Waals surface area contributed by atoms with E-state index in [2.05, 4.69) is 10.6 Å². The van der Waals surface area contributed by atoms with Crippen LogP contribution in [0.25, 0.3) is 0 Å². The molecule has 2 aliphatic rings. The highest BCUT2D eigenvalue weighted by atomic mass is 16.5. The molecule has 9 heteroatoms. The van der Waals surface area contributed by atoms with Gasteiger partial charge in [0, 0.05) is 7.05 Å². The van der Waals surface area contributed by atoms with Crippen molar-refractivity contribution in [2.45, 2.75) is 12.8 Å². The maximum atomic E-state index is 12.2. The summed E-state index contributed by atoms with van der Waals surface area (Å²) < 4.78 is 4.74. The molecule has 2 rings (SSSR count). The first kappa shape index (κ1) is 17.6. The Morgan fingerprint density at radius 1 is 1.12 bits per heavy atom. The summed E-state index contributed by atoms with van der Waals surface area (Å²) in [6.45, 7) is -1.32. The number of ether oxygens (including phenoxy) is 1. The largest absolute Gasteiger partial charge is 0.454 e. The fourth-order valence-corrected chi connectivity index (χ4v) is 2.66. The molecular weight excluding hydrogens is 318 g/mol. The number of esters is 1. The molecule has 2 N–H and O–H groups in total. The topological polar surface area (TPSA) is 122 Å². The molecule has 130 valence electrons. The first-order chi connectivity index (χ1) is 11.4. The molecule has 1 aliphatic carbocycles. The van der Waals surface area contributed by atoms with Crippen LogP contribution in [-0.2, 0) is 28.7 Å². The van der Waals surface area contributed by atoms with Gasteiger partial charge in [0.1, 0.15) is 6.54 Å². The number of nitrogens with zero attached hydrogens (tertiary/aromatic N) is 1. The van der Waals surface area contributed by atoms with E-state index >= 15 is 0 Å². The molecule has 24 heavy (non-hydrogen) atoms. The Bertz CT molecular complexity index is 574. The summed E-state index contributed by atoms with van der Waals surface area (Å²) in [6, 6.07) is 0. The zero-order valence-electron chi connectivity index (χ0n) is 13.2. The molecule has 0 radical (unpaired) electrons. The number of likely N-dealkylation sites (tertiary alicyclic amines) is 1. The molecular formula is C15H19N3O6. The molecule has 1 saturated heterocycles. The second kappa shape index (κ2) is 7.71. The third kappa shape index (κ3) is 3.98. The Hall–Kier alpha value is -2.71. The molecule has 1 aliphatic heterocycles. The van der Waals surface area contributed by atoms with Gasteiger partial charge in [-0.15, -0.1) is 0 Å². The predicted octanol–water partition coefficient (Wildman–Crippen LogP) is -1.66. The van der Waals surface area contributed by atoms with Crippen LogP contribution in [0.5, 0.6) is 0 Å². The number of nitrogens with one attached hydrogen (secondary N) is 2. The molecule has 9 nitrogen and oxygen atoms in total. The van der Waals surface area contributed by atoms with Crippen molar-refractivity contribution in [3.8, 4) is 0 Å². The van der Waals surface area contributed by atoms with Gasteiger partial charge in [-0.05, 0) is 12.8 Å². The molecule has 1 heterocycles. The van der Waals surface area contributed by atoms with Gasteiger partial charge < -0.3 is 15.4 Å². The van der Waals surface area contributed by atoms with Gasteiger partial charge in [0.2, 0.25) is 17.7 Å². The van der Waals surface area contributed by atoms with Crippen molar-refractivity contribution >= 4 is 29.6 Å². The fraction of sp³-hybridized carbons (Fsp3) is 0.533. The van der Waals surface area contributed by atoms with E-state index in [4.69, 9.17) is 4.74 Å². The molecule has 2 atom stereocenters. The van der Waals surface area contributed by atoms with E-state index in [1.165, 1.54) is 7.05 Å². The summed E-state index contributed by atoms with van der Waals surface area (Å²) in [6.07, 6.45) is 4.68. The van der Waals surface area contributed by atoms with Gasteiger partial charge in [0.05, 0.1) is 18.4 Å². The normalized spacial score (nSPS) is 22.1. The number of hydrogen-bond donors (Lipinski definition) is 2. The zero-order valence-corrected chi connectivity index (χ0v) is 13.2. The van der Waals surface area contributed by atoms with E-state index in [0.717, 1.165) is 4.90 Å². The first-order valence-corrected chi connectivity index (χ1v) is 7.57. The standard InChI is InChI=1S/C15H19N3O6/c1-16-11(19)6-17-12(20)8-24-13(21)7-18-14(22)9-4-2-3-5-10(9)15(18)23/h2-3,9-10H,4-8H2,1H3,(H,16,19)(H,17,20)/t9-,10-/m1/s1. The zero-order chi connectivity index (χ0) is 17.7. The van der Waals surface area contributed by atoms with Crippen LogP contribution in [0.2, 0.25) is 0 Å². The van der Waals surface area contributed by atoms with Crippen molar-refractivity contribution in [3.05, 3.63) is 12.2 Å². The van der Waals surface area contributed by atoms with Gasteiger partial charge in [-0.1, -0.05) is 12.2 Å². The fourth-order valence-electron chi connectivity index (χ4n) is 2.66. The number of amides is 4. The molecule has 1 fully saturated rings. The van der Waals surface area contributed by atoms with Gasteiger partial charge in [-0.2, -0.15) is 0 Å². The van der Waals surface area contributed by atoms with E-state index in [0.29, 0.717) is 12.8 Å². The monoisotopic (exact) mass is 337 g/mol. The minimum Gasteiger partial charge on any atom is -0.454 e. The summed E-state index contributed by atoms with van der Waals surface area (Å²) in [5.41, 5.74) is 0. The Balaban J connectivity index is 1.78. The maximum absolute atomic E-state index is 12.2. The Labute approximate surface area is 138 Å². The lowest BCUT2D eigenvalue weighted by Gasteiger charge is -2.14. The average molecular weight is 337 g/mol. The smallest absolute Gasteiger partial charge is 0.326 e. The third-order valence-corrected chi connectivity index (χ3v) is 3.98. The number of imide groups is 1. The Kier molecular flexibility index (Phi) is 5.67. The number of likely N-dealkylation sites (N-methyl/N-ethyl adjacent to an activating group) is 1. The number of rotatable bonds is 6. The van der Waals surface area contributed by atoms with Crippen LogP contribution in [0.15, 0.2) is 12.2 Å². The lowest BCUT2D eigenvalue weighted by Crippen LogP contribution is -2.39. The number of hydrogen-bond acceptors (Lipinski definition) is 6. The van der Waals surface area contributed by atoms with Crippen LogP contribution in [0.1, 0.15) is 12.8 Å². The van der Waals surface area contributed by atoms with E-state index in [-0.39, 0.29) is 24.3 Å². The lowest BCUT2D eigenvalue weighted by molar-refractivity contribution is -0.155. The van der Waals surface area contributed by atoms with Crippen molar-refractivity contribution in [1.29, 1.82) is 0 Å². The van der Waals surface area contributed by atoms with E-state index in [1.54, 1.807) is 0 Å². The minimum absolute atomic E-state index is 0.230. The SMILES string of the molecule is CNC(=O)CNC(=O)COC(=O)CN1C(=O)[C@@H]2CC=CC[C@H]2C1=O. The van der Waals surface area contributed by atoms with E-state index in [9.17, 15) is 24.0 Å². The first-order valence-electron chi connectivity index (χ1n) is 7.57. The Morgan fingerprint density at radius 3 is 2.25 bits per heavy atom. The van der Waals surface area contributed by atoms with Gasteiger partial charge >= 0.3 is 5.97 Å². The minimum atomic E-state index is -0.849. The molecule has 0 unspecified atom stereocenters. The van der Waals surface area contributed by atoms with Gasteiger partial charge in [0.25, 0.3) is 5.91 Å². The van der Waals surface area contributed by atoms with Crippen LogP contribution in [0.4, 0.5) is 0 Å². The van der Waals surface area contributed by atoms with Gasteiger partial charge in [0.15, 0.2) is 6.61 Å². The molecule has 0 saturated carbocycles. The number of fused-ring (bicyclic) bond motifs is 1. The third-order valence-electron chi connectivity index (χ3n) is 3.98. The predicted molar refractivity (Wildman–Crippen MR) is 80.1 cm³/mol. The summed E-state index contributed by atoms with van der Waals surface area (Å²) in [5, 5.41) is 4.58. The molecule has 4 amide bonds. The summed E-state index contributed by atoms with van der Waals surface area (Å²) >= 11 is 0. The number of carbonyl (C=O) groups excluding carboxylic acids is 5. The highest BCUT2D eigenvalue weighted by Crippen LogP contribution is 2.34. The molecule has 0 spiro atoms. The maximum Gasteiger partial charge on any atom is 0.326 e. The second-order valence-corrected chi connectivity index (χ2v) is 5.53. The molecule has 0 aromatic carbocycles. The quantitative estimate of drug-likeness (QED) is 0.340. The van der Waals surface area contributed by atoms with Crippen molar-refractivity contribution in [3.63, 3.8) is 0 Å². The summed E-state index contributed by atoms with van der Waals surface area (Å²) in [4.78, 5) is 59.4. The van der Waals surface area contributed by atoms with Crippen LogP contribution in [0.3, 0.4) is 0 Å².